The molecule has 2 aliphatic rings. The maximum Gasteiger partial charge on any atom is 0.274 e. The monoisotopic (exact) mass is 454 g/mol. The highest BCUT2D eigenvalue weighted by molar-refractivity contribution is 6.03. The lowest BCUT2D eigenvalue weighted by atomic mass is 10.0. The number of anilines is 2. The average Bonchev–Trinajstić information content (AvgIpc) is 2.97. The molecule has 0 aliphatic carbocycles. The van der Waals surface area contributed by atoms with Gasteiger partial charge < -0.3 is 25.3 Å². The van der Waals surface area contributed by atoms with Gasteiger partial charge in [0.15, 0.2) is 0 Å². The van der Waals surface area contributed by atoms with Crippen molar-refractivity contribution in [1.82, 2.24) is 19.8 Å². The van der Waals surface area contributed by atoms with Gasteiger partial charge in [-0.25, -0.2) is 4.98 Å². The highest BCUT2D eigenvalue weighted by Gasteiger charge is 2.38. The van der Waals surface area contributed by atoms with Crippen molar-refractivity contribution >= 4 is 17.4 Å². The van der Waals surface area contributed by atoms with Crippen molar-refractivity contribution in [3.63, 3.8) is 0 Å². The van der Waals surface area contributed by atoms with Crippen LogP contribution < -0.4 is 10.2 Å². The summed E-state index contributed by atoms with van der Waals surface area (Å²) in [5, 5.41) is 24.5. The molecular formula is C24H34N6O3. The van der Waals surface area contributed by atoms with Crippen LogP contribution in [0.5, 0.6) is 0 Å². The number of carbonyl (C=O) groups is 1. The summed E-state index contributed by atoms with van der Waals surface area (Å²) >= 11 is 0. The van der Waals surface area contributed by atoms with Crippen LogP contribution in [0.2, 0.25) is 0 Å². The first-order chi connectivity index (χ1) is 15.8. The van der Waals surface area contributed by atoms with Gasteiger partial charge >= 0.3 is 0 Å². The number of nitrogens with one attached hydrogen (secondary N) is 1. The fourth-order valence-electron chi connectivity index (χ4n) is 4.71. The third-order valence-electron chi connectivity index (χ3n) is 6.71. The number of nitrogens with zero attached hydrogens (tertiary/aromatic N) is 5. The van der Waals surface area contributed by atoms with E-state index in [0.717, 1.165) is 25.9 Å². The van der Waals surface area contributed by atoms with Gasteiger partial charge in [-0.3, -0.25) is 14.7 Å². The molecule has 0 saturated carbocycles. The van der Waals surface area contributed by atoms with Crippen molar-refractivity contribution in [2.24, 2.45) is 0 Å². The smallest absolute Gasteiger partial charge is 0.274 e. The molecule has 2 fully saturated rings. The van der Waals surface area contributed by atoms with Crippen LogP contribution in [0.4, 0.5) is 11.5 Å². The molecule has 9 nitrogen and oxygen atoms in total. The molecular weight excluding hydrogens is 420 g/mol. The Labute approximate surface area is 195 Å². The number of hydrogen-bond donors (Lipinski definition) is 3. The van der Waals surface area contributed by atoms with E-state index in [2.05, 4.69) is 38.9 Å². The molecule has 9 heteroatoms. The molecule has 4 rings (SSSR count). The molecule has 0 bridgehead atoms. The van der Waals surface area contributed by atoms with Crippen molar-refractivity contribution in [1.29, 1.82) is 0 Å². The van der Waals surface area contributed by atoms with E-state index in [1.165, 1.54) is 4.90 Å². The van der Waals surface area contributed by atoms with Crippen molar-refractivity contribution in [2.75, 3.05) is 42.9 Å². The topological polar surface area (TPSA) is 105 Å². The normalized spacial score (nSPS) is 20.6. The molecule has 2 aliphatic heterocycles. The maximum absolute atomic E-state index is 12.7. The van der Waals surface area contributed by atoms with E-state index < -0.39 is 5.91 Å². The second-order valence-corrected chi connectivity index (χ2v) is 9.14. The number of rotatable bonds is 5. The molecule has 0 atom stereocenters. The first-order valence-corrected chi connectivity index (χ1v) is 11.7. The SMILES string of the molecule is CC(C)N1CCC(N2CCN(c3cccc(C(=O)Nc4ccncc4)n3)C(O)(O)CC2)CC1. The van der Waals surface area contributed by atoms with Gasteiger partial charge in [0.1, 0.15) is 11.5 Å². The van der Waals surface area contributed by atoms with Crippen LogP contribution in [0.1, 0.15) is 43.6 Å². The summed E-state index contributed by atoms with van der Waals surface area (Å²) in [6.45, 7) is 8.34. The summed E-state index contributed by atoms with van der Waals surface area (Å²) < 4.78 is 0. The summed E-state index contributed by atoms with van der Waals surface area (Å²) in [4.78, 5) is 27.4. The summed E-state index contributed by atoms with van der Waals surface area (Å²) in [7, 11) is 0. The van der Waals surface area contributed by atoms with Gasteiger partial charge in [0.25, 0.3) is 5.91 Å². The van der Waals surface area contributed by atoms with E-state index in [-0.39, 0.29) is 18.0 Å². The Balaban J connectivity index is 1.44. The van der Waals surface area contributed by atoms with Gasteiger partial charge in [-0.2, -0.15) is 0 Å². The summed E-state index contributed by atoms with van der Waals surface area (Å²) in [5.74, 6) is -2.02. The minimum absolute atomic E-state index is 0.187. The zero-order valence-electron chi connectivity index (χ0n) is 19.4. The number of aliphatic hydroxyl groups is 2. The van der Waals surface area contributed by atoms with E-state index in [9.17, 15) is 15.0 Å². The highest BCUT2D eigenvalue weighted by Crippen LogP contribution is 2.27. The summed E-state index contributed by atoms with van der Waals surface area (Å²) in [5.41, 5.74) is 0.831. The van der Waals surface area contributed by atoms with E-state index in [1.807, 2.05) is 0 Å². The predicted octanol–water partition coefficient (Wildman–Crippen LogP) is 1.75. The number of piperidine rings is 1. The Bertz CT molecular complexity index is 931. The maximum atomic E-state index is 12.7. The molecule has 2 aromatic rings. The first-order valence-electron chi connectivity index (χ1n) is 11.7. The lowest BCUT2D eigenvalue weighted by Crippen LogP contribution is -2.50. The minimum Gasteiger partial charge on any atom is -0.349 e. The number of aromatic nitrogens is 2. The lowest BCUT2D eigenvalue weighted by Gasteiger charge is -2.39. The van der Waals surface area contributed by atoms with E-state index in [0.29, 0.717) is 43.2 Å². The van der Waals surface area contributed by atoms with Crippen LogP contribution in [0.15, 0.2) is 42.7 Å². The molecule has 2 aromatic heterocycles. The van der Waals surface area contributed by atoms with Crippen LogP contribution in [0.25, 0.3) is 0 Å². The fraction of sp³-hybridized carbons (Fsp3) is 0.542. The molecule has 0 radical (unpaired) electrons. The third kappa shape index (κ3) is 5.67. The Morgan fingerprint density at radius 1 is 1.06 bits per heavy atom. The van der Waals surface area contributed by atoms with Crippen LogP contribution in [-0.2, 0) is 0 Å². The zero-order chi connectivity index (χ0) is 23.4. The molecule has 0 aromatic carbocycles. The van der Waals surface area contributed by atoms with Gasteiger partial charge in [-0.15, -0.1) is 0 Å². The van der Waals surface area contributed by atoms with Gasteiger partial charge in [0, 0.05) is 56.2 Å². The van der Waals surface area contributed by atoms with Gasteiger partial charge in [-0.05, 0) is 64.0 Å². The molecule has 0 unspecified atom stereocenters. The van der Waals surface area contributed by atoms with Crippen molar-refractivity contribution in [3.8, 4) is 0 Å². The van der Waals surface area contributed by atoms with Crippen molar-refractivity contribution < 1.29 is 15.0 Å². The van der Waals surface area contributed by atoms with Crippen molar-refractivity contribution in [3.05, 3.63) is 48.4 Å². The molecule has 178 valence electrons. The summed E-state index contributed by atoms with van der Waals surface area (Å²) in [6, 6.07) is 9.43. The Morgan fingerprint density at radius 2 is 1.79 bits per heavy atom. The molecule has 4 heterocycles. The third-order valence-corrected chi connectivity index (χ3v) is 6.71. The second-order valence-electron chi connectivity index (χ2n) is 9.14. The molecule has 33 heavy (non-hydrogen) atoms. The van der Waals surface area contributed by atoms with E-state index >= 15 is 0 Å². The molecule has 3 N–H and O–H groups in total. The summed E-state index contributed by atoms with van der Waals surface area (Å²) in [6.07, 6.45) is 5.56. The Kier molecular flexibility index (Phi) is 7.23. The molecule has 0 spiro atoms. The number of amides is 1. The average molecular weight is 455 g/mol. The molecule has 1 amide bonds. The van der Waals surface area contributed by atoms with Crippen LogP contribution in [0, 0.1) is 0 Å². The number of hydrogen-bond acceptors (Lipinski definition) is 8. The van der Waals surface area contributed by atoms with Gasteiger partial charge in [-0.1, -0.05) is 6.07 Å². The number of pyridine rings is 2. The van der Waals surface area contributed by atoms with Crippen LogP contribution >= 0.6 is 0 Å². The fourth-order valence-corrected chi connectivity index (χ4v) is 4.71. The Hall–Kier alpha value is -2.59. The molecule has 2 saturated heterocycles. The minimum atomic E-state index is -2.03. The van der Waals surface area contributed by atoms with Gasteiger partial charge in [0.05, 0.1) is 0 Å². The number of carbonyl (C=O) groups excluding carboxylic acids is 1. The van der Waals surface area contributed by atoms with E-state index in [4.69, 9.17) is 0 Å². The van der Waals surface area contributed by atoms with Crippen LogP contribution in [-0.4, -0.2) is 86.6 Å². The van der Waals surface area contributed by atoms with Gasteiger partial charge in [0.2, 0.25) is 5.91 Å². The number of likely N-dealkylation sites (tertiary alicyclic amines) is 1. The van der Waals surface area contributed by atoms with Crippen LogP contribution in [0.3, 0.4) is 0 Å². The lowest BCUT2D eigenvalue weighted by molar-refractivity contribution is -0.163. The largest absolute Gasteiger partial charge is 0.349 e. The standard InChI is InChI=1S/C24H34N6O3/c1-18(2)28-13-8-20(9-14-28)29-15-10-24(32,33)30(17-16-29)22-5-3-4-21(27-22)23(31)26-19-6-11-25-12-7-19/h3-7,11-12,18,20,32-33H,8-10,13-17H2,1-2H3,(H,25,26,31). The predicted molar refractivity (Wildman–Crippen MR) is 127 cm³/mol. The zero-order valence-corrected chi connectivity index (χ0v) is 19.4. The quantitative estimate of drug-likeness (QED) is 0.587. The van der Waals surface area contributed by atoms with Crippen molar-refractivity contribution in [2.45, 2.75) is 51.1 Å². The van der Waals surface area contributed by atoms with E-state index in [1.54, 1.807) is 42.7 Å². The first kappa shape index (κ1) is 23.6. The Morgan fingerprint density at radius 3 is 2.48 bits per heavy atom. The second kappa shape index (κ2) is 10.1. The highest BCUT2D eigenvalue weighted by atomic mass is 16.5.